The predicted octanol–water partition coefficient (Wildman–Crippen LogP) is 17.3. The Bertz CT molecular complexity index is 966. The van der Waals surface area contributed by atoms with E-state index in [2.05, 4.69) is 100 Å². The third kappa shape index (κ3) is 60.2. The maximum absolute atomic E-state index is 12.7. The van der Waals surface area contributed by atoms with Gasteiger partial charge in [0.25, 0.3) is 0 Å². The molecule has 378 valence electrons. The van der Waals surface area contributed by atoms with Crippen molar-refractivity contribution in [2.45, 2.75) is 272 Å². The average molecular weight is 900 g/mol. The van der Waals surface area contributed by atoms with Gasteiger partial charge in [-0.15, -0.1) is 0 Å². The molecule has 0 aromatic rings. The van der Waals surface area contributed by atoms with Gasteiger partial charge in [-0.2, -0.15) is 0 Å². The molecule has 0 aliphatic carbocycles. The first-order chi connectivity index (χ1) is 31.4. The van der Waals surface area contributed by atoms with Crippen molar-refractivity contribution in [2.24, 2.45) is 0 Å². The quantitative estimate of drug-likeness (QED) is 0.0420. The van der Waals surface area contributed by atoms with Gasteiger partial charge in [0, 0.05) is 32.1 Å². The van der Waals surface area contributed by atoms with Crippen molar-refractivity contribution >= 4 is 5.78 Å². The first-order valence-corrected chi connectivity index (χ1v) is 27.8. The Morgan fingerprint density at radius 1 is 0.547 bits per heavy atom. The van der Waals surface area contributed by atoms with E-state index in [1.54, 1.807) is 6.92 Å². The molecule has 0 aromatic carbocycles. The molecule has 5 nitrogen and oxygen atoms in total. The van der Waals surface area contributed by atoms with Crippen LogP contribution in [0.5, 0.6) is 0 Å². The van der Waals surface area contributed by atoms with Crippen LogP contribution in [0.15, 0.2) is 60.8 Å². The number of unbranched alkanes of at least 4 members (excludes halogenated alkanes) is 19. The Morgan fingerprint density at radius 2 is 0.984 bits per heavy atom. The molecule has 1 unspecified atom stereocenters. The minimum atomic E-state index is 0.250. The smallest absolute Gasteiger partial charge is 0.132 e. The van der Waals surface area contributed by atoms with Gasteiger partial charge in [-0.05, 0) is 175 Å². The highest BCUT2D eigenvalue weighted by Crippen LogP contribution is 2.18. The lowest BCUT2D eigenvalue weighted by atomic mass is 9.97. The van der Waals surface area contributed by atoms with Crippen molar-refractivity contribution in [1.29, 1.82) is 0 Å². The largest absolute Gasteiger partial charge is 0.397 e. The second-order valence-electron chi connectivity index (χ2n) is 18.2. The van der Waals surface area contributed by atoms with Gasteiger partial charge in [0.1, 0.15) is 5.78 Å². The van der Waals surface area contributed by atoms with Gasteiger partial charge < -0.3 is 20.4 Å². The summed E-state index contributed by atoms with van der Waals surface area (Å²) in [7, 11) is 0. The number of aliphatic hydroxyl groups excluding tert-OH is 2. The third-order valence-corrected chi connectivity index (χ3v) is 11.8. The van der Waals surface area contributed by atoms with E-state index in [1.807, 2.05) is 0 Å². The minimum absolute atomic E-state index is 0.250. The zero-order valence-electron chi connectivity index (χ0n) is 44.1. The molecule has 1 aliphatic heterocycles. The third-order valence-electron chi connectivity index (χ3n) is 11.8. The standard InChI is InChI=1S/C39H72N2O.C10H20O.C8H16.C2H6O/c1-4-6-8-10-12-14-16-18-20-22-27-37(3)29-30-38(40-33-26-36-41-34-24-25-35-41)31-32-39(42)28-23-21-19-17-15-13-11-9-7-5-2;1-2-3-4-5-6-7-8-9-10-11;1-3-5-7-8-6-4-2;1-2-3/h6-9,38,40H,3-5,10-36H2,1-2H3;3-4,11H,2,5-10H2,1H3;3,5H,4,6-8H2,1-2H3;3H,2H2,1H3/b8-6-,9-7-;4-3-;5-3+;. The van der Waals surface area contributed by atoms with Crippen molar-refractivity contribution in [3.05, 3.63) is 60.8 Å². The zero-order chi connectivity index (χ0) is 47.7. The maximum atomic E-state index is 12.7. The molecule has 0 saturated carbocycles. The summed E-state index contributed by atoms with van der Waals surface area (Å²) in [5.41, 5.74) is 1.41. The van der Waals surface area contributed by atoms with Crippen LogP contribution in [-0.2, 0) is 4.79 Å². The molecule has 1 aliphatic rings. The van der Waals surface area contributed by atoms with Crippen LogP contribution in [0.25, 0.3) is 0 Å². The summed E-state index contributed by atoms with van der Waals surface area (Å²) in [4.78, 5) is 15.3. The monoisotopic (exact) mass is 899 g/mol. The molecule has 1 atom stereocenters. The molecule has 1 heterocycles. The minimum Gasteiger partial charge on any atom is -0.397 e. The summed E-state index contributed by atoms with van der Waals surface area (Å²) in [6, 6.07) is 0.452. The van der Waals surface area contributed by atoms with E-state index in [0.29, 0.717) is 18.4 Å². The lowest BCUT2D eigenvalue weighted by Crippen LogP contribution is -2.32. The van der Waals surface area contributed by atoms with E-state index in [-0.39, 0.29) is 6.61 Å². The second-order valence-corrected chi connectivity index (χ2v) is 18.2. The first-order valence-electron chi connectivity index (χ1n) is 27.8. The van der Waals surface area contributed by atoms with Crippen molar-refractivity contribution in [3.63, 3.8) is 0 Å². The molecule has 5 heteroatoms. The number of carbonyl (C=O) groups is 1. The lowest BCUT2D eigenvalue weighted by Gasteiger charge is -2.21. The molecule has 0 radical (unpaired) electrons. The van der Waals surface area contributed by atoms with Gasteiger partial charge in [-0.1, -0.05) is 166 Å². The van der Waals surface area contributed by atoms with Crippen LogP contribution in [0.3, 0.4) is 0 Å². The van der Waals surface area contributed by atoms with Gasteiger partial charge in [0.15, 0.2) is 0 Å². The normalized spacial score (nSPS) is 13.3. The van der Waals surface area contributed by atoms with Crippen molar-refractivity contribution in [3.8, 4) is 0 Å². The molecular weight excluding hydrogens is 785 g/mol. The second kappa shape index (κ2) is 61.2. The number of nitrogens with one attached hydrogen (secondary N) is 1. The van der Waals surface area contributed by atoms with Crippen LogP contribution in [0.4, 0.5) is 0 Å². The number of hydrogen-bond donors (Lipinski definition) is 3. The average Bonchev–Trinajstić information content (AvgIpc) is 3.83. The van der Waals surface area contributed by atoms with E-state index >= 15 is 0 Å². The molecule has 64 heavy (non-hydrogen) atoms. The van der Waals surface area contributed by atoms with E-state index in [4.69, 9.17) is 10.2 Å². The fourth-order valence-electron chi connectivity index (χ4n) is 7.82. The maximum Gasteiger partial charge on any atom is 0.132 e. The SMILES string of the molecule is C/C=C/CCCCC.C=C(CCCCCCCC/C=C\CC)CCC(CCC(=O)CCCCCCCC/C=C\CC)NCCCN1CCCC1.CC/C=C\CCCCCCO.CCO. The number of nitrogens with zero attached hydrogens (tertiary/aromatic N) is 1. The van der Waals surface area contributed by atoms with Crippen LogP contribution in [-0.4, -0.2) is 66.3 Å². The van der Waals surface area contributed by atoms with Crippen LogP contribution >= 0.6 is 0 Å². The molecule has 1 fully saturated rings. The number of ketones is 1. The highest BCUT2D eigenvalue weighted by Gasteiger charge is 2.14. The molecule has 1 saturated heterocycles. The van der Waals surface area contributed by atoms with Crippen LogP contribution < -0.4 is 5.32 Å². The summed E-state index contributed by atoms with van der Waals surface area (Å²) in [6.07, 6.45) is 60.7. The summed E-state index contributed by atoms with van der Waals surface area (Å²) in [6.45, 7) is 22.4. The Balaban J connectivity index is -0.00000138. The number of aliphatic hydroxyl groups is 2. The first kappa shape index (κ1) is 66.5. The lowest BCUT2D eigenvalue weighted by molar-refractivity contribution is -0.119. The highest BCUT2D eigenvalue weighted by molar-refractivity contribution is 5.78. The zero-order valence-corrected chi connectivity index (χ0v) is 44.1. The molecule has 0 spiro atoms. The Labute approximate surface area is 402 Å². The fraction of sp³-hybridized carbons (Fsp3) is 0.814. The topological polar surface area (TPSA) is 72.8 Å². The van der Waals surface area contributed by atoms with Gasteiger partial charge >= 0.3 is 0 Å². The number of rotatable bonds is 42. The molecule has 0 bridgehead atoms. The molecule has 1 rings (SSSR count). The molecule has 0 aromatic heterocycles. The number of allylic oxidation sites excluding steroid dienone is 9. The van der Waals surface area contributed by atoms with Crippen molar-refractivity contribution in [1.82, 2.24) is 10.2 Å². The van der Waals surface area contributed by atoms with E-state index in [0.717, 1.165) is 70.8 Å². The van der Waals surface area contributed by atoms with Gasteiger partial charge in [-0.3, -0.25) is 4.79 Å². The summed E-state index contributed by atoms with van der Waals surface area (Å²) in [5.74, 6) is 0.476. The van der Waals surface area contributed by atoms with Gasteiger partial charge in [0.2, 0.25) is 0 Å². The number of hydrogen-bond acceptors (Lipinski definition) is 5. The van der Waals surface area contributed by atoms with E-state index in [9.17, 15) is 4.79 Å². The Kier molecular flexibility index (Phi) is 63.6. The number of carbonyl (C=O) groups excluding carboxylic acids is 1. The van der Waals surface area contributed by atoms with Crippen molar-refractivity contribution < 1.29 is 15.0 Å². The number of Topliss-reactive ketones (excluding diaryl/α,β-unsaturated/α-hetero) is 1. The van der Waals surface area contributed by atoms with Crippen LogP contribution in [0, 0.1) is 0 Å². The van der Waals surface area contributed by atoms with Gasteiger partial charge in [-0.25, -0.2) is 0 Å². The fourth-order valence-corrected chi connectivity index (χ4v) is 7.82. The molecular formula is C59H114N2O3. The van der Waals surface area contributed by atoms with Crippen LogP contribution in [0.2, 0.25) is 0 Å². The summed E-state index contributed by atoms with van der Waals surface area (Å²) < 4.78 is 0. The highest BCUT2D eigenvalue weighted by atomic mass is 16.3. The van der Waals surface area contributed by atoms with Crippen LogP contribution in [0.1, 0.15) is 266 Å². The Hall–Kier alpha value is -1.79. The van der Waals surface area contributed by atoms with Gasteiger partial charge in [0.05, 0.1) is 0 Å². The molecule has 3 N–H and O–H groups in total. The summed E-state index contributed by atoms with van der Waals surface area (Å²) >= 11 is 0. The summed E-state index contributed by atoms with van der Waals surface area (Å²) in [5, 5.41) is 19.9. The number of likely N-dealkylation sites (tertiary alicyclic amines) is 1. The van der Waals surface area contributed by atoms with Crippen molar-refractivity contribution in [2.75, 3.05) is 39.4 Å². The predicted molar refractivity (Wildman–Crippen MR) is 289 cm³/mol. The van der Waals surface area contributed by atoms with E-state index in [1.165, 1.54) is 186 Å². The molecule has 0 amide bonds. The van der Waals surface area contributed by atoms with E-state index < -0.39 is 0 Å². The Morgan fingerprint density at radius 3 is 1.47 bits per heavy atom.